The molecule has 17 heavy (non-hydrogen) atoms. The van der Waals surface area contributed by atoms with Crippen molar-refractivity contribution in [3.8, 4) is 0 Å². The first-order valence-corrected chi connectivity index (χ1v) is 5.91. The fourth-order valence-electron chi connectivity index (χ4n) is 1.27. The highest BCUT2D eigenvalue weighted by Gasteiger charge is 2.13. The zero-order valence-electron chi connectivity index (χ0n) is 9.00. The van der Waals surface area contributed by atoms with Gasteiger partial charge < -0.3 is 10.5 Å². The molecule has 2 aromatic heterocycles. The van der Waals surface area contributed by atoms with Crippen LogP contribution >= 0.6 is 11.3 Å². The zero-order chi connectivity index (χ0) is 12.1. The number of nitrogens with two attached hydrogens (primary N) is 1. The molecule has 0 bridgehead atoms. The van der Waals surface area contributed by atoms with Crippen LogP contribution in [0.3, 0.4) is 0 Å². The molecule has 0 spiro atoms. The molecule has 2 rings (SSSR count). The molecular formula is C11H11N3O2S. The summed E-state index contributed by atoms with van der Waals surface area (Å²) >= 11 is 1.63. The topological polar surface area (TPSA) is 78.1 Å². The van der Waals surface area contributed by atoms with Crippen LogP contribution in [-0.2, 0) is 11.2 Å². The molecule has 6 heteroatoms. The lowest BCUT2D eigenvalue weighted by molar-refractivity contribution is 0.0504. The third-order valence-corrected chi connectivity index (χ3v) is 3.02. The molecule has 0 aliphatic carbocycles. The zero-order valence-corrected chi connectivity index (χ0v) is 9.81. The third-order valence-electron chi connectivity index (χ3n) is 2.08. The Kier molecular flexibility index (Phi) is 3.66. The third kappa shape index (κ3) is 3.01. The number of hydrogen-bond donors (Lipinski definition) is 1. The van der Waals surface area contributed by atoms with E-state index in [4.69, 9.17) is 10.5 Å². The van der Waals surface area contributed by atoms with Crippen molar-refractivity contribution in [2.45, 2.75) is 6.42 Å². The molecule has 2 heterocycles. The average Bonchev–Trinajstić information content (AvgIpc) is 2.82. The normalized spacial score (nSPS) is 10.1. The van der Waals surface area contributed by atoms with Gasteiger partial charge in [0.25, 0.3) is 0 Å². The first kappa shape index (κ1) is 11.5. The summed E-state index contributed by atoms with van der Waals surface area (Å²) in [6.07, 6.45) is 3.54. The van der Waals surface area contributed by atoms with Crippen molar-refractivity contribution in [2.75, 3.05) is 12.3 Å². The van der Waals surface area contributed by atoms with Crippen molar-refractivity contribution < 1.29 is 9.53 Å². The summed E-state index contributed by atoms with van der Waals surface area (Å²) in [6, 6.07) is 3.96. The Balaban J connectivity index is 1.88. The van der Waals surface area contributed by atoms with Crippen LogP contribution in [0.5, 0.6) is 0 Å². The second kappa shape index (κ2) is 5.40. The number of carbonyl (C=O) groups is 1. The van der Waals surface area contributed by atoms with Gasteiger partial charge in [-0.1, -0.05) is 6.07 Å². The minimum atomic E-state index is -0.535. The number of hydrogen-bond acceptors (Lipinski definition) is 6. The Morgan fingerprint density at radius 3 is 2.94 bits per heavy atom. The predicted molar refractivity (Wildman–Crippen MR) is 64.7 cm³/mol. The first-order chi connectivity index (χ1) is 8.27. The van der Waals surface area contributed by atoms with E-state index in [1.54, 1.807) is 11.3 Å². The highest BCUT2D eigenvalue weighted by Crippen LogP contribution is 2.10. The Morgan fingerprint density at radius 1 is 1.41 bits per heavy atom. The molecule has 0 amide bonds. The van der Waals surface area contributed by atoms with Gasteiger partial charge in [-0.2, -0.15) is 0 Å². The lowest BCUT2D eigenvalue weighted by Crippen LogP contribution is -2.12. The Morgan fingerprint density at radius 2 is 2.24 bits per heavy atom. The number of anilines is 1. The summed E-state index contributed by atoms with van der Waals surface area (Å²) in [4.78, 5) is 20.4. The SMILES string of the molecule is Nc1nccnc1C(=O)OCCc1cccs1. The van der Waals surface area contributed by atoms with E-state index in [2.05, 4.69) is 9.97 Å². The standard InChI is InChI=1S/C11H11N3O2S/c12-10-9(13-4-5-14-10)11(15)16-6-3-8-2-1-7-17-8/h1-2,4-5,7H,3,6H2,(H2,12,14). The van der Waals surface area contributed by atoms with E-state index in [0.717, 1.165) is 0 Å². The van der Waals surface area contributed by atoms with Gasteiger partial charge in [0.05, 0.1) is 6.61 Å². The lowest BCUT2D eigenvalue weighted by Gasteiger charge is -2.04. The maximum absolute atomic E-state index is 11.6. The van der Waals surface area contributed by atoms with Gasteiger partial charge in [-0.15, -0.1) is 11.3 Å². The number of carbonyl (C=O) groups excluding carboxylic acids is 1. The molecule has 0 atom stereocenters. The van der Waals surface area contributed by atoms with Crippen LogP contribution in [0.25, 0.3) is 0 Å². The van der Waals surface area contributed by atoms with E-state index in [0.29, 0.717) is 13.0 Å². The van der Waals surface area contributed by atoms with Crippen LogP contribution in [0.4, 0.5) is 5.82 Å². The number of ether oxygens (including phenoxy) is 1. The summed E-state index contributed by atoms with van der Waals surface area (Å²) in [5.74, 6) is -0.444. The highest BCUT2D eigenvalue weighted by atomic mass is 32.1. The lowest BCUT2D eigenvalue weighted by atomic mass is 10.3. The summed E-state index contributed by atoms with van der Waals surface area (Å²) in [7, 11) is 0. The number of nitrogen functional groups attached to an aromatic ring is 1. The van der Waals surface area contributed by atoms with Gasteiger partial charge in [-0.05, 0) is 11.4 Å². The quantitative estimate of drug-likeness (QED) is 0.831. The van der Waals surface area contributed by atoms with E-state index in [1.165, 1.54) is 17.3 Å². The maximum atomic E-state index is 11.6. The summed E-state index contributed by atoms with van der Waals surface area (Å²) in [5, 5.41) is 1.98. The van der Waals surface area contributed by atoms with Crippen molar-refractivity contribution in [3.63, 3.8) is 0 Å². The maximum Gasteiger partial charge on any atom is 0.360 e. The van der Waals surface area contributed by atoms with Gasteiger partial charge in [0.1, 0.15) is 0 Å². The Bertz CT molecular complexity index is 499. The summed E-state index contributed by atoms with van der Waals surface area (Å²) < 4.78 is 5.07. The minimum absolute atomic E-state index is 0.0682. The van der Waals surface area contributed by atoms with Gasteiger partial charge in [0.15, 0.2) is 11.5 Å². The molecule has 88 valence electrons. The summed E-state index contributed by atoms with van der Waals surface area (Å²) in [6.45, 7) is 0.315. The predicted octanol–water partition coefficient (Wildman–Crippen LogP) is 1.52. The average molecular weight is 249 g/mol. The molecule has 0 aliphatic rings. The van der Waals surface area contributed by atoms with E-state index >= 15 is 0 Å². The van der Waals surface area contributed by atoms with Crippen molar-refractivity contribution in [1.82, 2.24) is 9.97 Å². The van der Waals surface area contributed by atoms with Crippen LogP contribution < -0.4 is 5.73 Å². The summed E-state index contributed by atoms with van der Waals surface area (Å²) in [5.41, 5.74) is 5.58. The molecule has 2 aromatic rings. The van der Waals surface area contributed by atoms with E-state index in [1.807, 2.05) is 17.5 Å². The van der Waals surface area contributed by atoms with Gasteiger partial charge in [0.2, 0.25) is 0 Å². The molecule has 0 aromatic carbocycles. The second-order valence-electron chi connectivity index (χ2n) is 3.26. The van der Waals surface area contributed by atoms with Crippen molar-refractivity contribution in [1.29, 1.82) is 0 Å². The highest BCUT2D eigenvalue weighted by molar-refractivity contribution is 7.09. The fourth-order valence-corrected chi connectivity index (χ4v) is 1.96. The van der Waals surface area contributed by atoms with E-state index in [9.17, 15) is 4.79 Å². The van der Waals surface area contributed by atoms with Crippen molar-refractivity contribution in [3.05, 3.63) is 40.5 Å². The smallest absolute Gasteiger partial charge is 0.360 e. The van der Waals surface area contributed by atoms with Crippen LogP contribution in [0.15, 0.2) is 29.9 Å². The Labute approximate surface area is 102 Å². The van der Waals surface area contributed by atoms with Crippen LogP contribution in [0.2, 0.25) is 0 Å². The number of rotatable bonds is 4. The van der Waals surface area contributed by atoms with Crippen LogP contribution in [-0.4, -0.2) is 22.5 Å². The number of aromatic nitrogens is 2. The molecule has 0 radical (unpaired) electrons. The molecular weight excluding hydrogens is 238 g/mol. The largest absolute Gasteiger partial charge is 0.460 e. The van der Waals surface area contributed by atoms with Gasteiger partial charge in [-0.25, -0.2) is 14.8 Å². The Hall–Kier alpha value is -1.95. The van der Waals surface area contributed by atoms with Crippen LogP contribution in [0.1, 0.15) is 15.4 Å². The first-order valence-electron chi connectivity index (χ1n) is 5.03. The minimum Gasteiger partial charge on any atom is -0.460 e. The van der Waals surface area contributed by atoms with Crippen molar-refractivity contribution in [2.24, 2.45) is 0 Å². The van der Waals surface area contributed by atoms with Gasteiger partial charge in [-0.3, -0.25) is 0 Å². The molecule has 5 nitrogen and oxygen atoms in total. The van der Waals surface area contributed by atoms with E-state index in [-0.39, 0.29) is 11.5 Å². The van der Waals surface area contributed by atoms with E-state index < -0.39 is 5.97 Å². The number of esters is 1. The second-order valence-corrected chi connectivity index (χ2v) is 4.29. The fraction of sp³-hybridized carbons (Fsp3) is 0.182. The molecule has 0 saturated carbocycles. The monoisotopic (exact) mass is 249 g/mol. The van der Waals surface area contributed by atoms with Crippen molar-refractivity contribution >= 4 is 23.1 Å². The number of nitrogens with zero attached hydrogens (tertiary/aromatic N) is 2. The van der Waals surface area contributed by atoms with Gasteiger partial charge >= 0.3 is 5.97 Å². The van der Waals surface area contributed by atoms with Crippen LogP contribution in [0, 0.1) is 0 Å². The molecule has 2 N–H and O–H groups in total. The molecule has 0 unspecified atom stereocenters. The molecule has 0 aliphatic heterocycles. The molecule has 0 saturated heterocycles. The van der Waals surface area contributed by atoms with Gasteiger partial charge in [0, 0.05) is 23.7 Å². The number of thiophene rings is 1. The molecule has 0 fully saturated rings.